The Morgan fingerprint density at radius 1 is 1.05 bits per heavy atom. The molecule has 1 aliphatic heterocycles. The van der Waals surface area contributed by atoms with E-state index >= 15 is 0 Å². The van der Waals surface area contributed by atoms with Crippen LogP contribution in [0.15, 0.2) is 18.2 Å². The monoisotopic (exact) mass is 304 g/mol. The minimum absolute atomic E-state index is 0.0867. The third-order valence-corrected chi connectivity index (χ3v) is 3.72. The molecule has 1 aromatic carbocycles. The summed E-state index contributed by atoms with van der Waals surface area (Å²) >= 11 is 0. The fraction of sp³-hybridized carbons (Fsp3) is 0.571. The fourth-order valence-electron chi connectivity index (χ4n) is 2.53. The summed E-state index contributed by atoms with van der Waals surface area (Å²) < 4.78 is 38.9. The molecule has 7 heteroatoms. The summed E-state index contributed by atoms with van der Waals surface area (Å²) in [5.41, 5.74) is -0.367. The van der Waals surface area contributed by atoms with E-state index < -0.39 is 18.3 Å². The summed E-state index contributed by atoms with van der Waals surface area (Å²) in [6.07, 6.45) is -4.47. The number of piperazine rings is 1. The second-order valence-corrected chi connectivity index (χ2v) is 5.05. The van der Waals surface area contributed by atoms with Crippen molar-refractivity contribution in [1.29, 1.82) is 0 Å². The van der Waals surface area contributed by atoms with E-state index in [-0.39, 0.29) is 12.2 Å². The van der Waals surface area contributed by atoms with Crippen molar-refractivity contribution in [2.24, 2.45) is 0 Å². The lowest BCUT2D eigenvalue weighted by molar-refractivity contribution is -0.138. The third-order valence-electron chi connectivity index (χ3n) is 3.72. The molecule has 4 nitrogen and oxygen atoms in total. The highest BCUT2D eigenvalue weighted by Crippen LogP contribution is 2.34. The molecule has 21 heavy (non-hydrogen) atoms. The Morgan fingerprint density at radius 3 is 2.24 bits per heavy atom. The van der Waals surface area contributed by atoms with Crippen LogP contribution in [0, 0.1) is 0 Å². The lowest BCUT2D eigenvalue weighted by atomic mass is 10.1. The van der Waals surface area contributed by atoms with E-state index in [1.807, 2.05) is 4.90 Å². The molecule has 1 fully saturated rings. The van der Waals surface area contributed by atoms with Gasteiger partial charge in [-0.25, -0.2) is 0 Å². The molecule has 1 saturated heterocycles. The van der Waals surface area contributed by atoms with Crippen molar-refractivity contribution in [2.45, 2.75) is 12.8 Å². The van der Waals surface area contributed by atoms with Gasteiger partial charge in [0.25, 0.3) is 0 Å². The number of benzene rings is 1. The number of alkyl halides is 3. The molecule has 2 rings (SSSR count). The van der Waals surface area contributed by atoms with Gasteiger partial charge in [0.15, 0.2) is 0 Å². The summed E-state index contributed by atoms with van der Waals surface area (Å²) in [4.78, 5) is 3.97. The molecule has 1 heterocycles. The van der Waals surface area contributed by atoms with Crippen molar-refractivity contribution >= 4 is 5.69 Å². The smallest absolute Gasteiger partial charge is 0.395 e. The SMILES string of the molecule is OCCN1CCN(c2ccc(CO)c(C(F)(F)F)c2)CC1. The summed E-state index contributed by atoms with van der Waals surface area (Å²) in [7, 11) is 0. The van der Waals surface area contributed by atoms with E-state index in [2.05, 4.69) is 4.90 Å². The summed E-state index contributed by atoms with van der Waals surface area (Å²) in [5, 5.41) is 17.9. The van der Waals surface area contributed by atoms with Gasteiger partial charge in [-0.2, -0.15) is 13.2 Å². The Hall–Kier alpha value is -1.31. The molecule has 0 aromatic heterocycles. The second kappa shape index (κ2) is 6.64. The fourth-order valence-corrected chi connectivity index (χ4v) is 2.53. The van der Waals surface area contributed by atoms with Crippen molar-refractivity contribution in [3.05, 3.63) is 29.3 Å². The average molecular weight is 304 g/mol. The van der Waals surface area contributed by atoms with Gasteiger partial charge in [-0.3, -0.25) is 4.90 Å². The van der Waals surface area contributed by atoms with Crippen LogP contribution >= 0.6 is 0 Å². The Bertz CT molecular complexity index is 472. The van der Waals surface area contributed by atoms with Crippen molar-refractivity contribution in [2.75, 3.05) is 44.2 Å². The highest BCUT2D eigenvalue weighted by molar-refractivity contribution is 5.52. The molecule has 0 bridgehead atoms. The van der Waals surface area contributed by atoms with E-state index in [0.29, 0.717) is 38.4 Å². The molecule has 118 valence electrons. The lowest BCUT2D eigenvalue weighted by Gasteiger charge is -2.36. The van der Waals surface area contributed by atoms with E-state index in [4.69, 9.17) is 10.2 Å². The Labute approximate surface area is 121 Å². The van der Waals surface area contributed by atoms with Crippen LogP contribution in [0.1, 0.15) is 11.1 Å². The maximum atomic E-state index is 13.0. The van der Waals surface area contributed by atoms with E-state index in [1.165, 1.54) is 6.07 Å². The van der Waals surface area contributed by atoms with E-state index in [1.54, 1.807) is 6.07 Å². The van der Waals surface area contributed by atoms with Gasteiger partial charge in [0.2, 0.25) is 0 Å². The zero-order chi connectivity index (χ0) is 15.5. The predicted molar refractivity (Wildman–Crippen MR) is 73.1 cm³/mol. The highest BCUT2D eigenvalue weighted by Gasteiger charge is 2.34. The number of aliphatic hydroxyl groups is 2. The van der Waals surface area contributed by atoms with Crippen LogP contribution in [0.4, 0.5) is 18.9 Å². The quantitative estimate of drug-likeness (QED) is 0.880. The van der Waals surface area contributed by atoms with Gasteiger partial charge in [0, 0.05) is 38.4 Å². The van der Waals surface area contributed by atoms with Gasteiger partial charge in [-0.1, -0.05) is 6.07 Å². The Balaban J connectivity index is 2.15. The van der Waals surface area contributed by atoms with Gasteiger partial charge in [-0.15, -0.1) is 0 Å². The van der Waals surface area contributed by atoms with Gasteiger partial charge in [0.05, 0.1) is 18.8 Å². The zero-order valence-corrected chi connectivity index (χ0v) is 11.6. The molecule has 1 aliphatic rings. The number of halogens is 3. The number of anilines is 1. The van der Waals surface area contributed by atoms with Crippen molar-refractivity contribution in [3.63, 3.8) is 0 Å². The van der Waals surface area contributed by atoms with Crippen LogP contribution < -0.4 is 4.90 Å². The Kier molecular flexibility index (Phi) is 5.08. The molecule has 0 unspecified atom stereocenters. The maximum Gasteiger partial charge on any atom is 0.416 e. The largest absolute Gasteiger partial charge is 0.416 e. The predicted octanol–water partition coefficient (Wildman–Crippen LogP) is 1.31. The lowest BCUT2D eigenvalue weighted by Crippen LogP contribution is -2.47. The molecular formula is C14H19F3N2O2. The summed E-state index contributed by atoms with van der Waals surface area (Å²) in [6, 6.07) is 4.05. The number of nitrogens with zero attached hydrogens (tertiary/aromatic N) is 2. The number of hydrogen-bond donors (Lipinski definition) is 2. The number of hydrogen-bond acceptors (Lipinski definition) is 4. The summed E-state index contributed by atoms with van der Waals surface area (Å²) in [5.74, 6) is 0. The molecular weight excluding hydrogens is 285 g/mol. The molecule has 0 aliphatic carbocycles. The first-order valence-corrected chi connectivity index (χ1v) is 6.85. The average Bonchev–Trinajstić information content (AvgIpc) is 2.47. The third kappa shape index (κ3) is 3.87. The van der Waals surface area contributed by atoms with E-state index in [0.717, 1.165) is 6.07 Å². The van der Waals surface area contributed by atoms with Crippen LogP contribution in [0.5, 0.6) is 0 Å². The van der Waals surface area contributed by atoms with Crippen LogP contribution in [-0.2, 0) is 12.8 Å². The van der Waals surface area contributed by atoms with Gasteiger partial charge >= 0.3 is 6.18 Å². The zero-order valence-electron chi connectivity index (χ0n) is 11.6. The van der Waals surface area contributed by atoms with Crippen molar-refractivity contribution in [3.8, 4) is 0 Å². The van der Waals surface area contributed by atoms with Crippen molar-refractivity contribution in [1.82, 2.24) is 4.90 Å². The van der Waals surface area contributed by atoms with Crippen molar-refractivity contribution < 1.29 is 23.4 Å². The highest BCUT2D eigenvalue weighted by atomic mass is 19.4. The van der Waals surface area contributed by atoms with Crippen LogP contribution in [0.2, 0.25) is 0 Å². The second-order valence-electron chi connectivity index (χ2n) is 5.05. The number of aliphatic hydroxyl groups excluding tert-OH is 2. The molecule has 0 radical (unpaired) electrons. The molecule has 1 aromatic rings. The maximum absolute atomic E-state index is 13.0. The molecule has 0 atom stereocenters. The molecule has 2 N–H and O–H groups in total. The first-order chi connectivity index (χ1) is 9.95. The minimum Gasteiger partial charge on any atom is -0.395 e. The van der Waals surface area contributed by atoms with E-state index in [9.17, 15) is 13.2 Å². The normalized spacial score (nSPS) is 17.3. The van der Waals surface area contributed by atoms with Gasteiger partial charge < -0.3 is 15.1 Å². The van der Waals surface area contributed by atoms with Crippen LogP contribution in [0.3, 0.4) is 0 Å². The molecule has 0 spiro atoms. The van der Waals surface area contributed by atoms with Gasteiger partial charge in [-0.05, 0) is 17.7 Å². The topological polar surface area (TPSA) is 46.9 Å². The molecule has 0 saturated carbocycles. The minimum atomic E-state index is -4.47. The molecule has 0 amide bonds. The number of β-amino-alcohol motifs (C(OH)–C–C–N with tert-alkyl or cyclic N) is 1. The standard InChI is InChI=1S/C14H19F3N2O2/c15-14(16,17)13-9-12(2-1-11(13)10-21)19-5-3-18(4-6-19)7-8-20/h1-2,9,20-21H,3-8,10H2. The Morgan fingerprint density at radius 2 is 1.71 bits per heavy atom. The summed E-state index contributed by atoms with van der Waals surface area (Å²) in [6.45, 7) is 2.72. The first-order valence-electron chi connectivity index (χ1n) is 6.85. The van der Waals surface area contributed by atoms with Crippen LogP contribution in [0.25, 0.3) is 0 Å². The van der Waals surface area contributed by atoms with Gasteiger partial charge in [0.1, 0.15) is 0 Å². The first kappa shape index (κ1) is 16.1. The van der Waals surface area contributed by atoms with Crippen LogP contribution in [-0.4, -0.2) is 54.4 Å². The number of rotatable bonds is 4.